The van der Waals surface area contributed by atoms with E-state index in [1.807, 2.05) is 89.8 Å². The maximum Gasteiger partial charge on any atom is 0.242 e. The molecule has 2 heterocycles. The Balaban J connectivity index is 1.69. The van der Waals surface area contributed by atoms with Gasteiger partial charge in [-0.15, -0.1) is 0 Å². The number of hydrogen-bond acceptors (Lipinski definition) is 3. The lowest BCUT2D eigenvalue weighted by molar-refractivity contribution is -0.122. The van der Waals surface area contributed by atoms with Crippen molar-refractivity contribution < 1.29 is 4.79 Å². The monoisotopic (exact) mass is 405 g/mol. The number of carbonyl (C=O) groups is 1. The van der Waals surface area contributed by atoms with Crippen molar-refractivity contribution in [1.82, 2.24) is 4.98 Å². The highest BCUT2D eigenvalue weighted by atomic mass is 16.2. The van der Waals surface area contributed by atoms with E-state index < -0.39 is 5.41 Å². The Labute approximate surface area is 182 Å². The topological polar surface area (TPSA) is 59.2 Å². The summed E-state index contributed by atoms with van der Waals surface area (Å²) in [5, 5.41) is 0. The van der Waals surface area contributed by atoms with Crippen LogP contribution in [0.1, 0.15) is 16.7 Å². The summed E-state index contributed by atoms with van der Waals surface area (Å²) in [7, 11) is 0. The van der Waals surface area contributed by atoms with Crippen LogP contribution < -0.4 is 10.6 Å². The van der Waals surface area contributed by atoms with Gasteiger partial charge in [0.1, 0.15) is 0 Å². The summed E-state index contributed by atoms with van der Waals surface area (Å²) in [5.74, 6) is 0.0912. The summed E-state index contributed by atoms with van der Waals surface area (Å²) >= 11 is 0. The molecule has 1 aliphatic rings. The number of hydrogen-bond donors (Lipinski definition) is 1. The first-order valence-corrected chi connectivity index (χ1v) is 10.4. The van der Waals surface area contributed by atoms with Crippen molar-refractivity contribution in [3.8, 4) is 0 Å². The summed E-state index contributed by atoms with van der Waals surface area (Å²) in [6.07, 6.45) is 4.76. The molecule has 5 rings (SSSR count). The van der Waals surface area contributed by atoms with Crippen LogP contribution in [0.3, 0.4) is 0 Å². The molecular weight excluding hydrogens is 382 g/mol. The fourth-order valence-corrected chi connectivity index (χ4v) is 4.58. The Bertz CT molecular complexity index is 1210. The molecule has 1 unspecified atom stereocenters. The van der Waals surface area contributed by atoms with Gasteiger partial charge >= 0.3 is 0 Å². The third kappa shape index (κ3) is 3.36. The van der Waals surface area contributed by atoms with Crippen LogP contribution in [0.2, 0.25) is 0 Å². The zero-order valence-electron chi connectivity index (χ0n) is 17.1. The molecule has 0 aliphatic carbocycles. The average Bonchev–Trinajstić information content (AvgIpc) is 3.04. The number of anilines is 3. The third-order valence-corrected chi connectivity index (χ3v) is 6.03. The van der Waals surface area contributed by atoms with Gasteiger partial charge in [0.15, 0.2) is 0 Å². The molecular formula is C27H23N3O. The highest BCUT2D eigenvalue weighted by molar-refractivity contribution is 6.13. The number of nitrogens with zero attached hydrogens (tertiary/aromatic N) is 2. The van der Waals surface area contributed by atoms with Gasteiger partial charge in [0.05, 0.1) is 11.1 Å². The molecule has 1 aromatic heterocycles. The molecule has 152 valence electrons. The number of para-hydroxylation sites is 2. The number of benzene rings is 3. The van der Waals surface area contributed by atoms with E-state index in [1.54, 1.807) is 12.4 Å². The van der Waals surface area contributed by atoms with Crippen LogP contribution >= 0.6 is 0 Å². The van der Waals surface area contributed by atoms with E-state index >= 15 is 0 Å². The van der Waals surface area contributed by atoms with Crippen LogP contribution in [0.5, 0.6) is 0 Å². The summed E-state index contributed by atoms with van der Waals surface area (Å²) in [4.78, 5) is 20.3. The van der Waals surface area contributed by atoms with E-state index in [0.29, 0.717) is 12.8 Å². The van der Waals surface area contributed by atoms with Crippen LogP contribution in [0.25, 0.3) is 0 Å². The van der Waals surface area contributed by atoms with Crippen LogP contribution in [0, 0.1) is 0 Å². The molecule has 0 bridgehead atoms. The quantitative estimate of drug-likeness (QED) is 0.472. The van der Waals surface area contributed by atoms with Gasteiger partial charge in [0.25, 0.3) is 0 Å². The van der Waals surface area contributed by atoms with Gasteiger partial charge < -0.3 is 5.73 Å². The number of nitrogen functional groups attached to an aromatic ring is 1. The molecule has 0 radical (unpaired) electrons. The van der Waals surface area contributed by atoms with Gasteiger partial charge in [-0.25, -0.2) is 0 Å². The first-order chi connectivity index (χ1) is 15.2. The van der Waals surface area contributed by atoms with Crippen molar-refractivity contribution >= 4 is 23.0 Å². The molecule has 31 heavy (non-hydrogen) atoms. The Morgan fingerprint density at radius 1 is 0.742 bits per heavy atom. The van der Waals surface area contributed by atoms with Gasteiger partial charge in [0, 0.05) is 23.8 Å². The molecule has 4 aromatic rings. The predicted octanol–water partition coefficient (Wildman–Crippen LogP) is 5.07. The summed E-state index contributed by atoms with van der Waals surface area (Å²) < 4.78 is 0. The molecule has 4 nitrogen and oxygen atoms in total. The smallest absolute Gasteiger partial charge is 0.242 e. The average molecular weight is 406 g/mol. The van der Waals surface area contributed by atoms with Crippen LogP contribution in [0.4, 0.5) is 17.1 Å². The number of amides is 1. The third-order valence-electron chi connectivity index (χ3n) is 6.03. The van der Waals surface area contributed by atoms with Gasteiger partial charge in [0.2, 0.25) is 5.91 Å². The number of nitrogens with two attached hydrogens (primary N) is 1. The number of fused-ring (bicyclic) bond motifs is 1. The second kappa shape index (κ2) is 7.73. The molecule has 1 amide bonds. The zero-order valence-corrected chi connectivity index (χ0v) is 17.1. The molecule has 2 N–H and O–H groups in total. The minimum Gasteiger partial charge on any atom is -0.399 e. The van der Waals surface area contributed by atoms with Crippen molar-refractivity contribution in [2.24, 2.45) is 0 Å². The first kappa shape index (κ1) is 19.1. The first-order valence-electron chi connectivity index (χ1n) is 10.4. The largest absolute Gasteiger partial charge is 0.399 e. The Morgan fingerprint density at radius 3 is 2.06 bits per heavy atom. The molecule has 0 saturated carbocycles. The van der Waals surface area contributed by atoms with Gasteiger partial charge in [-0.1, -0.05) is 48.5 Å². The van der Waals surface area contributed by atoms with E-state index in [2.05, 4.69) is 11.1 Å². The minimum atomic E-state index is -0.718. The second-order valence-electron chi connectivity index (χ2n) is 8.03. The normalized spacial score (nSPS) is 17.5. The van der Waals surface area contributed by atoms with E-state index in [4.69, 9.17) is 5.73 Å². The standard InChI is InChI=1S/C27H23N3O/c28-22-12-10-20(11-13-22)18-27(19-21-14-16-29-17-15-21)24-8-4-5-9-25(24)30(26(27)31)23-6-2-1-3-7-23/h1-17H,18-19,28H2. The maximum absolute atomic E-state index is 14.2. The van der Waals surface area contributed by atoms with Crippen molar-refractivity contribution in [3.63, 3.8) is 0 Å². The SMILES string of the molecule is Nc1ccc(CC2(Cc3ccncc3)C(=O)N(c3ccccc3)c3ccccc32)cc1. The van der Waals surface area contributed by atoms with Crippen molar-refractivity contribution in [2.75, 3.05) is 10.6 Å². The Morgan fingerprint density at radius 2 is 1.35 bits per heavy atom. The highest BCUT2D eigenvalue weighted by Crippen LogP contribution is 2.48. The lowest BCUT2D eigenvalue weighted by Gasteiger charge is -2.29. The molecule has 1 atom stereocenters. The molecule has 0 saturated heterocycles. The number of carbonyl (C=O) groups excluding carboxylic acids is 1. The molecule has 0 spiro atoms. The Kier molecular flexibility index (Phi) is 4.75. The van der Waals surface area contributed by atoms with Crippen molar-refractivity contribution in [1.29, 1.82) is 0 Å². The maximum atomic E-state index is 14.2. The molecule has 1 aliphatic heterocycles. The van der Waals surface area contributed by atoms with Crippen LogP contribution in [0.15, 0.2) is 103 Å². The predicted molar refractivity (Wildman–Crippen MR) is 124 cm³/mol. The fraction of sp³-hybridized carbons (Fsp3) is 0.111. The number of aromatic nitrogens is 1. The zero-order chi connectivity index (χ0) is 21.3. The van der Waals surface area contributed by atoms with Gasteiger partial charge in [-0.2, -0.15) is 0 Å². The van der Waals surface area contributed by atoms with Gasteiger partial charge in [-0.05, 0) is 72.0 Å². The lowest BCUT2D eigenvalue weighted by atomic mass is 9.72. The molecule has 4 heteroatoms. The van der Waals surface area contributed by atoms with E-state index in [1.165, 1.54) is 0 Å². The van der Waals surface area contributed by atoms with Crippen LogP contribution in [-0.2, 0) is 23.1 Å². The number of rotatable bonds is 5. The molecule has 0 fully saturated rings. The lowest BCUT2D eigenvalue weighted by Crippen LogP contribution is -2.42. The van der Waals surface area contributed by atoms with Crippen molar-refractivity contribution in [2.45, 2.75) is 18.3 Å². The second-order valence-corrected chi connectivity index (χ2v) is 8.03. The number of pyridine rings is 1. The molecule has 3 aromatic carbocycles. The fourth-order valence-electron chi connectivity index (χ4n) is 4.58. The summed E-state index contributed by atoms with van der Waals surface area (Å²) in [5.41, 5.74) is 11.0. The van der Waals surface area contributed by atoms with E-state index in [0.717, 1.165) is 33.8 Å². The van der Waals surface area contributed by atoms with E-state index in [9.17, 15) is 4.79 Å². The van der Waals surface area contributed by atoms with E-state index in [-0.39, 0.29) is 5.91 Å². The summed E-state index contributed by atoms with van der Waals surface area (Å²) in [6.45, 7) is 0. The van der Waals surface area contributed by atoms with Crippen molar-refractivity contribution in [3.05, 3.63) is 120 Å². The highest BCUT2D eigenvalue weighted by Gasteiger charge is 2.51. The summed E-state index contributed by atoms with van der Waals surface area (Å²) in [6, 6.07) is 29.8. The van der Waals surface area contributed by atoms with Gasteiger partial charge in [-0.3, -0.25) is 14.7 Å². The van der Waals surface area contributed by atoms with Crippen LogP contribution in [-0.4, -0.2) is 10.9 Å². The Hall–Kier alpha value is -3.92. The minimum absolute atomic E-state index is 0.0912.